The Kier molecular flexibility index (Phi) is 2.84. The van der Waals surface area contributed by atoms with Gasteiger partial charge in [0.15, 0.2) is 5.78 Å². The summed E-state index contributed by atoms with van der Waals surface area (Å²) in [6.45, 7) is 9.85. The SMILES string of the molecule is C=C(C)[C@H]1CC[C@]2(C)CC(=O)C=C(C)C2C1=O. The van der Waals surface area contributed by atoms with Crippen molar-refractivity contribution >= 4 is 11.6 Å². The molecule has 1 unspecified atom stereocenters. The van der Waals surface area contributed by atoms with Crippen LogP contribution < -0.4 is 0 Å². The average Bonchev–Trinajstić information content (AvgIpc) is 2.14. The summed E-state index contributed by atoms with van der Waals surface area (Å²) >= 11 is 0. The maximum absolute atomic E-state index is 12.5. The molecule has 2 aliphatic carbocycles. The molecule has 0 spiro atoms. The predicted octanol–water partition coefficient (Wildman–Crippen LogP) is 3.08. The van der Waals surface area contributed by atoms with E-state index in [1.165, 1.54) is 0 Å². The summed E-state index contributed by atoms with van der Waals surface area (Å²) in [7, 11) is 0. The number of ketones is 2. The van der Waals surface area contributed by atoms with Crippen LogP contribution in [-0.2, 0) is 9.59 Å². The number of rotatable bonds is 1. The van der Waals surface area contributed by atoms with Crippen LogP contribution in [0.1, 0.15) is 40.0 Å². The van der Waals surface area contributed by atoms with Crippen molar-refractivity contribution in [3.63, 3.8) is 0 Å². The molecule has 1 fully saturated rings. The molecule has 2 heteroatoms. The molecule has 0 bridgehead atoms. The van der Waals surface area contributed by atoms with Crippen LogP contribution in [0.4, 0.5) is 0 Å². The number of Topliss-reactive ketones (excluding diaryl/α,β-unsaturated/α-hetero) is 1. The Morgan fingerprint density at radius 1 is 1.47 bits per heavy atom. The summed E-state index contributed by atoms with van der Waals surface area (Å²) in [5, 5.41) is 0. The summed E-state index contributed by atoms with van der Waals surface area (Å²) < 4.78 is 0. The van der Waals surface area contributed by atoms with Crippen LogP contribution in [0.2, 0.25) is 0 Å². The molecule has 0 aromatic heterocycles. The standard InChI is InChI=1S/C15H20O2/c1-9(2)12-5-6-15(4)8-11(16)7-10(3)13(15)14(12)17/h7,12-13H,1,5-6,8H2,2-4H3/t12-,13?,15-/m1/s1. The Balaban J connectivity index is 2.40. The number of allylic oxidation sites excluding steroid dienone is 3. The first kappa shape index (κ1) is 12.3. The minimum Gasteiger partial charge on any atom is -0.298 e. The van der Waals surface area contributed by atoms with Crippen molar-refractivity contribution in [3.8, 4) is 0 Å². The summed E-state index contributed by atoms with van der Waals surface area (Å²) in [6, 6.07) is 0. The third-order valence-corrected chi connectivity index (χ3v) is 4.35. The number of carbonyl (C=O) groups excluding carboxylic acids is 2. The topological polar surface area (TPSA) is 34.1 Å². The molecule has 0 N–H and O–H groups in total. The van der Waals surface area contributed by atoms with Gasteiger partial charge >= 0.3 is 0 Å². The zero-order chi connectivity index (χ0) is 12.8. The Hall–Kier alpha value is -1.18. The van der Waals surface area contributed by atoms with Gasteiger partial charge in [-0.25, -0.2) is 0 Å². The van der Waals surface area contributed by atoms with Crippen LogP contribution in [0.5, 0.6) is 0 Å². The highest BCUT2D eigenvalue weighted by Gasteiger charge is 2.49. The quantitative estimate of drug-likeness (QED) is 0.651. The van der Waals surface area contributed by atoms with E-state index >= 15 is 0 Å². The van der Waals surface area contributed by atoms with Gasteiger partial charge in [-0.05, 0) is 38.2 Å². The second-order valence-corrected chi connectivity index (χ2v) is 5.96. The fourth-order valence-electron chi connectivity index (χ4n) is 3.55. The average molecular weight is 232 g/mol. The smallest absolute Gasteiger partial charge is 0.156 e. The molecule has 0 amide bonds. The predicted molar refractivity (Wildman–Crippen MR) is 67.5 cm³/mol. The number of fused-ring (bicyclic) bond motifs is 1. The summed E-state index contributed by atoms with van der Waals surface area (Å²) in [4.78, 5) is 24.2. The van der Waals surface area contributed by atoms with E-state index in [2.05, 4.69) is 13.5 Å². The Morgan fingerprint density at radius 2 is 2.12 bits per heavy atom. The first-order valence-electron chi connectivity index (χ1n) is 6.25. The molecular formula is C15H20O2. The van der Waals surface area contributed by atoms with E-state index in [0.29, 0.717) is 6.42 Å². The molecule has 3 atom stereocenters. The van der Waals surface area contributed by atoms with Crippen molar-refractivity contribution in [1.29, 1.82) is 0 Å². The van der Waals surface area contributed by atoms with Crippen molar-refractivity contribution in [2.75, 3.05) is 0 Å². The lowest BCUT2D eigenvalue weighted by atomic mass is 9.56. The molecule has 0 aromatic rings. The van der Waals surface area contributed by atoms with Crippen molar-refractivity contribution < 1.29 is 9.59 Å². The Morgan fingerprint density at radius 3 is 2.71 bits per heavy atom. The molecule has 92 valence electrons. The first-order valence-corrected chi connectivity index (χ1v) is 6.25. The van der Waals surface area contributed by atoms with E-state index in [9.17, 15) is 9.59 Å². The molecule has 1 saturated carbocycles. The van der Waals surface area contributed by atoms with E-state index in [1.54, 1.807) is 6.08 Å². The molecule has 0 aromatic carbocycles. The van der Waals surface area contributed by atoms with Crippen LogP contribution >= 0.6 is 0 Å². The molecule has 0 saturated heterocycles. The van der Waals surface area contributed by atoms with Gasteiger partial charge in [-0.2, -0.15) is 0 Å². The van der Waals surface area contributed by atoms with E-state index in [1.807, 2.05) is 13.8 Å². The van der Waals surface area contributed by atoms with Crippen molar-refractivity contribution in [2.45, 2.75) is 40.0 Å². The minimum atomic E-state index is -0.154. The lowest BCUT2D eigenvalue weighted by Gasteiger charge is -2.45. The molecule has 0 radical (unpaired) electrons. The minimum absolute atomic E-state index is 0.00960. The molecule has 17 heavy (non-hydrogen) atoms. The van der Waals surface area contributed by atoms with Gasteiger partial charge in [-0.3, -0.25) is 9.59 Å². The number of hydrogen-bond donors (Lipinski definition) is 0. The zero-order valence-corrected chi connectivity index (χ0v) is 10.9. The molecule has 2 aliphatic rings. The monoisotopic (exact) mass is 232 g/mol. The molecular weight excluding hydrogens is 212 g/mol. The van der Waals surface area contributed by atoms with Crippen LogP contribution in [0.25, 0.3) is 0 Å². The van der Waals surface area contributed by atoms with Gasteiger partial charge in [0.1, 0.15) is 5.78 Å². The Labute approximate surface area is 103 Å². The van der Waals surface area contributed by atoms with Gasteiger partial charge in [-0.1, -0.05) is 24.6 Å². The molecule has 2 rings (SSSR count). The number of carbonyl (C=O) groups is 2. The second-order valence-electron chi connectivity index (χ2n) is 5.96. The third kappa shape index (κ3) is 1.90. The highest BCUT2D eigenvalue weighted by molar-refractivity contribution is 5.98. The maximum Gasteiger partial charge on any atom is 0.156 e. The van der Waals surface area contributed by atoms with Gasteiger partial charge in [0.05, 0.1) is 0 Å². The van der Waals surface area contributed by atoms with Crippen LogP contribution in [0.3, 0.4) is 0 Å². The van der Waals surface area contributed by atoms with Gasteiger partial charge in [0.25, 0.3) is 0 Å². The van der Waals surface area contributed by atoms with Crippen molar-refractivity contribution in [2.24, 2.45) is 17.3 Å². The van der Waals surface area contributed by atoms with Gasteiger partial charge in [0, 0.05) is 18.3 Å². The summed E-state index contributed by atoms with van der Waals surface area (Å²) in [5.74, 6) is 0.357. The van der Waals surface area contributed by atoms with Gasteiger partial charge in [0.2, 0.25) is 0 Å². The molecule has 0 aliphatic heterocycles. The Bertz CT molecular complexity index is 430. The largest absolute Gasteiger partial charge is 0.298 e. The summed E-state index contributed by atoms with van der Waals surface area (Å²) in [5.41, 5.74) is 1.75. The van der Waals surface area contributed by atoms with Gasteiger partial charge < -0.3 is 0 Å². The highest BCUT2D eigenvalue weighted by atomic mass is 16.1. The van der Waals surface area contributed by atoms with Gasteiger partial charge in [-0.15, -0.1) is 0 Å². The van der Waals surface area contributed by atoms with Crippen LogP contribution in [0, 0.1) is 17.3 Å². The normalized spacial score (nSPS) is 37.5. The lowest BCUT2D eigenvalue weighted by molar-refractivity contribution is -0.134. The zero-order valence-electron chi connectivity index (χ0n) is 10.9. The highest BCUT2D eigenvalue weighted by Crippen LogP contribution is 2.50. The van der Waals surface area contributed by atoms with E-state index in [-0.39, 0.29) is 28.8 Å². The fourth-order valence-corrected chi connectivity index (χ4v) is 3.55. The van der Waals surface area contributed by atoms with Crippen LogP contribution in [-0.4, -0.2) is 11.6 Å². The molecule has 0 heterocycles. The maximum atomic E-state index is 12.5. The van der Waals surface area contributed by atoms with E-state index in [0.717, 1.165) is 24.0 Å². The summed E-state index contributed by atoms with van der Waals surface area (Å²) in [6.07, 6.45) is 3.97. The van der Waals surface area contributed by atoms with E-state index in [4.69, 9.17) is 0 Å². The molecule has 2 nitrogen and oxygen atoms in total. The number of hydrogen-bond acceptors (Lipinski definition) is 2. The lowest BCUT2D eigenvalue weighted by Crippen LogP contribution is -2.46. The second kappa shape index (κ2) is 3.94. The van der Waals surface area contributed by atoms with Crippen molar-refractivity contribution in [1.82, 2.24) is 0 Å². The fraction of sp³-hybridized carbons (Fsp3) is 0.600. The van der Waals surface area contributed by atoms with Crippen molar-refractivity contribution in [3.05, 3.63) is 23.8 Å². The van der Waals surface area contributed by atoms with Crippen LogP contribution in [0.15, 0.2) is 23.8 Å². The van der Waals surface area contributed by atoms with E-state index < -0.39 is 0 Å². The first-order chi connectivity index (χ1) is 7.85. The third-order valence-electron chi connectivity index (χ3n) is 4.35.